The van der Waals surface area contributed by atoms with E-state index in [-0.39, 0.29) is 22.2 Å². The second-order valence-electron chi connectivity index (χ2n) is 6.36. The number of nitrogens with zero attached hydrogens (tertiary/aromatic N) is 1. The van der Waals surface area contributed by atoms with Crippen LogP contribution in [0, 0.1) is 0 Å². The average Bonchev–Trinajstić information content (AvgIpc) is 2.75. The Morgan fingerprint density at radius 1 is 1.06 bits per heavy atom. The number of halogens is 3. The summed E-state index contributed by atoms with van der Waals surface area (Å²) in [5, 5.41) is 4.57. The zero-order chi connectivity index (χ0) is 23.1. The molecule has 3 aromatic carbocycles. The summed E-state index contributed by atoms with van der Waals surface area (Å²) < 4.78 is 11.8. The fourth-order valence-electron chi connectivity index (χ4n) is 2.63. The van der Waals surface area contributed by atoms with Gasteiger partial charge in [-0.05, 0) is 67.1 Å². The van der Waals surface area contributed by atoms with E-state index in [1.807, 2.05) is 6.07 Å². The lowest BCUT2D eigenvalue weighted by Gasteiger charge is -2.12. The van der Waals surface area contributed by atoms with Crippen molar-refractivity contribution in [3.63, 3.8) is 0 Å². The first-order valence-electron chi connectivity index (χ1n) is 9.40. The van der Waals surface area contributed by atoms with E-state index in [1.54, 1.807) is 49.4 Å². The van der Waals surface area contributed by atoms with Gasteiger partial charge in [-0.3, -0.25) is 4.79 Å². The van der Waals surface area contributed by atoms with Gasteiger partial charge in [-0.15, -0.1) is 0 Å². The minimum atomic E-state index is -0.643. The Labute approximate surface area is 203 Å². The lowest BCUT2D eigenvalue weighted by atomic mass is 10.2. The summed E-state index contributed by atoms with van der Waals surface area (Å²) in [6.45, 7) is 2.16. The number of hydrazone groups is 1. The average molecular weight is 536 g/mol. The smallest absolute Gasteiger partial charge is 0.345 e. The van der Waals surface area contributed by atoms with Crippen LogP contribution in [0.2, 0.25) is 10.0 Å². The topological polar surface area (TPSA) is 77.0 Å². The van der Waals surface area contributed by atoms with Gasteiger partial charge in [0.1, 0.15) is 0 Å². The van der Waals surface area contributed by atoms with E-state index in [9.17, 15) is 9.59 Å². The SMILES string of the molecule is CCOc1cc(C=NNC(=O)c2cccc(Br)c2)ccc1OC(=O)c1ccc(Cl)cc1Cl. The molecule has 32 heavy (non-hydrogen) atoms. The molecule has 0 aliphatic rings. The number of ether oxygens (including phenoxy) is 2. The van der Waals surface area contributed by atoms with Crippen LogP contribution in [-0.4, -0.2) is 24.7 Å². The molecule has 0 saturated carbocycles. The van der Waals surface area contributed by atoms with E-state index in [2.05, 4.69) is 26.5 Å². The molecule has 3 rings (SSSR count). The minimum Gasteiger partial charge on any atom is -0.490 e. The number of amides is 1. The molecule has 0 atom stereocenters. The zero-order valence-corrected chi connectivity index (χ0v) is 19.9. The molecule has 0 spiro atoms. The van der Waals surface area contributed by atoms with Crippen molar-refractivity contribution in [3.8, 4) is 11.5 Å². The number of benzene rings is 3. The molecule has 0 heterocycles. The number of hydrogen-bond donors (Lipinski definition) is 1. The van der Waals surface area contributed by atoms with Gasteiger partial charge in [0.15, 0.2) is 11.5 Å². The van der Waals surface area contributed by atoms with Crippen molar-refractivity contribution in [3.05, 3.63) is 91.9 Å². The van der Waals surface area contributed by atoms with Crippen molar-refractivity contribution in [1.29, 1.82) is 0 Å². The Balaban J connectivity index is 1.73. The van der Waals surface area contributed by atoms with Crippen molar-refractivity contribution < 1.29 is 19.1 Å². The highest BCUT2D eigenvalue weighted by molar-refractivity contribution is 9.10. The summed E-state index contributed by atoms with van der Waals surface area (Å²) in [6.07, 6.45) is 1.46. The fourth-order valence-corrected chi connectivity index (χ4v) is 3.51. The highest BCUT2D eigenvalue weighted by atomic mass is 79.9. The van der Waals surface area contributed by atoms with Gasteiger partial charge in [0.25, 0.3) is 5.91 Å². The first kappa shape index (κ1) is 23.8. The molecule has 6 nitrogen and oxygen atoms in total. The van der Waals surface area contributed by atoms with Gasteiger partial charge in [-0.25, -0.2) is 10.2 Å². The van der Waals surface area contributed by atoms with Crippen molar-refractivity contribution in [2.45, 2.75) is 6.92 Å². The fraction of sp³-hybridized carbons (Fsp3) is 0.0870. The summed E-state index contributed by atoms with van der Waals surface area (Å²) >= 11 is 15.3. The van der Waals surface area contributed by atoms with Crippen LogP contribution in [0.5, 0.6) is 11.5 Å². The monoisotopic (exact) mass is 534 g/mol. The van der Waals surface area contributed by atoms with Crippen molar-refractivity contribution in [1.82, 2.24) is 5.43 Å². The number of rotatable bonds is 7. The highest BCUT2D eigenvalue weighted by Gasteiger charge is 2.16. The predicted molar refractivity (Wildman–Crippen MR) is 128 cm³/mol. The quantitative estimate of drug-likeness (QED) is 0.171. The molecular formula is C23H17BrCl2N2O4. The highest BCUT2D eigenvalue weighted by Crippen LogP contribution is 2.30. The Morgan fingerprint density at radius 2 is 1.88 bits per heavy atom. The van der Waals surface area contributed by atoms with Crippen LogP contribution >= 0.6 is 39.1 Å². The molecule has 0 fully saturated rings. The van der Waals surface area contributed by atoms with Gasteiger partial charge in [0, 0.05) is 15.1 Å². The van der Waals surface area contributed by atoms with Gasteiger partial charge in [0.05, 0.1) is 23.4 Å². The molecule has 164 valence electrons. The van der Waals surface area contributed by atoms with Gasteiger partial charge in [0.2, 0.25) is 0 Å². The summed E-state index contributed by atoms with van der Waals surface area (Å²) in [4.78, 5) is 24.7. The van der Waals surface area contributed by atoms with E-state index in [0.29, 0.717) is 28.5 Å². The lowest BCUT2D eigenvalue weighted by Crippen LogP contribution is -2.17. The molecule has 0 saturated heterocycles. The minimum absolute atomic E-state index is 0.180. The molecule has 1 N–H and O–H groups in total. The normalized spacial score (nSPS) is 10.8. The standard InChI is InChI=1S/C23H17BrCl2N2O4/c1-2-31-21-10-14(13-27-28-22(29)15-4-3-5-16(24)11-15)6-9-20(21)32-23(30)18-8-7-17(25)12-19(18)26/h3-13H,2H2,1H3,(H,28,29). The van der Waals surface area contributed by atoms with Crippen LogP contribution < -0.4 is 14.9 Å². The summed E-state index contributed by atoms with van der Waals surface area (Å²) in [7, 11) is 0. The summed E-state index contributed by atoms with van der Waals surface area (Å²) in [5.41, 5.74) is 3.74. The third kappa shape index (κ3) is 6.32. The van der Waals surface area contributed by atoms with Crippen molar-refractivity contribution in [2.24, 2.45) is 5.10 Å². The molecule has 0 bridgehead atoms. The van der Waals surface area contributed by atoms with Crippen LogP contribution in [0.15, 0.2) is 70.2 Å². The second kappa shape index (κ2) is 11.1. The second-order valence-corrected chi connectivity index (χ2v) is 8.12. The Morgan fingerprint density at radius 3 is 2.59 bits per heavy atom. The van der Waals surface area contributed by atoms with Gasteiger partial charge in [-0.2, -0.15) is 5.10 Å². The van der Waals surface area contributed by atoms with E-state index in [1.165, 1.54) is 18.3 Å². The maximum Gasteiger partial charge on any atom is 0.345 e. The Hall–Kier alpha value is -2.87. The first-order chi connectivity index (χ1) is 15.4. The number of nitrogens with one attached hydrogen (secondary N) is 1. The molecule has 0 aromatic heterocycles. The van der Waals surface area contributed by atoms with E-state index in [0.717, 1.165) is 4.47 Å². The van der Waals surface area contributed by atoms with Gasteiger partial charge < -0.3 is 9.47 Å². The molecule has 0 aliphatic carbocycles. The van der Waals surface area contributed by atoms with Crippen LogP contribution in [0.25, 0.3) is 0 Å². The van der Waals surface area contributed by atoms with E-state index < -0.39 is 5.97 Å². The molecule has 3 aromatic rings. The van der Waals surface area contributed by atoms with Gasteiger partial charge in [-0.1, -0.05) is 45.2 Å². The predicted octanol–water partition coefficient (Wildman–Crippen LogP) is 6.14. The Bertz CT molecular complexity index is 1180. The number of carbonyl (C=O) groups excluding carboxylic acids is 2. The van der Waals surface area contributed by atoms with E-state index in [4.69, 9.17) is 32.7 Å². The number of esters is 1. The first-order valence-corrected chi connectivity index (χ1v) is 11.0. The van der Waals surface area contributed by atoms with Crippen LogP contribution in [0.4, 0.5) is 0 Å². The number of carbonyl (C=O) groups is 2. The lowest BCUT2D eigenvalue weighted by molar-refractivity contribution is 0.0728. The van der Waals surface area contributed by atoms with E-state index >= 15 is 0 Å². The third-order valence-corrected chi connectivity index (χ3v) is 5.13. The van der Waals surface area contributed by atoms with Crippen LogP contribution in [-0.2, 0) is 0 Å². The summed E-state index contributed by atoms with van der Waals surface area (Å²) in [5.74, 6) is -0.431. The van der Waals surface area contributed by atoms with Crippen LogP contribution in [0.1, 0.15) is 33.2 Å². The molecule has 0 aliphatic heterocycles. The summed E-state index contributed by atoms with van der Waals surface area (Å²) in [6, 6.07) is 16.3. The molecular weight excluding hydrogens is 519 g/mol. The zero-order valence-electron chi connectivity index (χ0n) is 16.8. The third-order valence-electron chi connectivity index (χ3n) is 4.09. The Kier molecular flexibility index (Phi) is 8.27. The van der Waals surface area contributed by atoms with Gasteiger partial charge >= 0.3 is 5.97 Å². The largest absolute Gasteiger partial charge is 0.490 e. The van der Waals surface area contributed by atoms with Crippen molar-refractivity contribution >= 4 is 57.2 Å². The maximum absolute atomic E-state index is 12.5. The molecule has 0 radical (unpaired) electrons. The molecule has 9 heteroatoms. The van der Waals surface area contributed by atoms with Crippen molar-refractivity contribution in [2.75, 3.05) is 6.61 Å². The molecule has 0 unspecified atom stereocenters. The van der Waals surface area contributed by atoms with Crippen LogP contribution in [0.3, 0.4) is 0 Å². The maximum atomic E-state index is 12.5. The number of hydrogen-bond acceptors (Lipinski definition) is 5. The molecule has 1 amide bonds.